The molecule has 0 N–H and O–H groups in total. The van der Waals surface area contributed by atoms with Gasteiger partial charge in [-0.3, -0.25) is 4.90 Å². The van der Waals surface area contributed by atoms with Crippen LogP contribution in [-0.4, -0.2) is 11.4 Å². The summed E-state index contributed by atoms with van der Waals surface area (Å²) in [5.41, 5.74) is 2.65. The lowest BCUT2D eigenvalue weighted by Gasteiger charge is -2.30. The highest BCUT2D eigenvalue weighted by atomic mass is 35.5. The van der Waals surface area contributed by atoms with E-state index in [1.807, 2.05) is 24.3 Å². The summed E-state index contributed by atoms with van der Waals surface area (Å²) >= 11 is 12.0. The maximum absolute atomic E-state index is 6.02. The molecule has 3 rings (SSSR count). The molecule has 1 aliphatic rings. The number of benzene rings is 2. The smallest absolute Gasteiger partial charge is 0.0406 e. The minimum absolute atomic E-state index is 0.801. The van der Waals surface area contributed by atoms with E-state index >= 15 is 0 Å². The molecule has 0 radical (unpaired) electrons. The van der Waals surface area contributed by atoms with E-state index in [2.05, 4.69) is 29.2 Å². The number of hydrogen-bond acceptors (Lipinski definition) is 1. The second kappa shape index (κ2) is 8.89. The quantitative estimate of drug-likeness (QED) is 0.561. The molecule has 0 heterocycles. The van der Waals surface area contributed by atoms with E-state index in [4.69, 9.17) is 23.2 Å². The van der Waals surface area contributed by atoms with Gasteiger partial charge in [0.25, 0.3) is 0 Å². The molecular formula is C21H25Cl2N. The maximum Gasteiger partial charge on any atom is 0.0406 e. The number of halogens is 2. The topological polar surface area (TPSA) is 3.24 Å². The van der Waals surface area contributed by atoms with E-state index in [-0.39, 0.29) is 0 Å². The molecule has 0 atom stereocenters. The van der Waals surface area contributed by atoms with Crippen molar-refractivity contribution in [3.05, 3.63) is 69.7 Å². The van der Waals surface area contributed by atoms with Gasteiger partial charge in [0.15, 0.2) is 0 Å². The normalized spacial score (nSPS) is 15.8. The fourth-order valence-electron chi connectivity index (χ4n) is 3.62. The highest BCUT2D eigenvalue weighted by molar-refractivity contribution is 6.30. The largest absolute Gasteiger partial charge is 0.295 e. The minimum atomic E-state index is 0.801. The number of hydrogen-bond donors (Lipinski definition) is 0. The molecule has 128 valence electrons. The highest BCUT2D eigenvalue weighted by Gasteiger charge is 2.18. The molecule has 0 aliphatic heterocycles. The van der Waals surface area contributed by atoms with Crippen molar-refractivity contribution in [3.63, 3.8) is 0 Å². The Morgan fingerprint density at radius 2 is 1.17 bits per heavy atom. The third kappa shape index (κ3) is 5.51. The maximum atomic E-state index is 6.02. The Hall–Kier alpha value is -1.02. The van der Waals surface area contributed by atoms with Gasteiger partial charge < -0.3 is 0 Å². The summed E-state index contributed by atoms with van der Waals surface area (Å²) in [6.07, 6.45) is 6.93. The summed E-state index contributed by atoms with van der Waals surface area (Å²) in [7, 11) is 0. The van der Waals surface area contributed by atoms with Crippen LogP contribution in [0.1, 0.15) is 43.2 Å². The van der Waals surface area contributed by atoms with Gasteiger partial charge in [-0.2, -0.15) is 0 Å². The molecule has 1 nitrogen and oxygen atoms in total. The minimum Gasteiger partial charge on any atom is -0.295 e. The molecule has 24 heavy (non-hydrogen) atoms. The summed E-state index contributed by atoms with van der Waals surface area (Å²) in [4.78, 5) is 2.57. The van der Waals surface area contributed by atoms with Crippen LogP contribution in [-0.2, 0) is 13.1 Å². The van der Waals surface area contributed by atoms with Crippen molar-refractivity contribution in [2.24, 2.45) is 5.92 Å². The molecule has 1 fully saturated rings. The number of rotatable bonds is 6. The summed E-state index contributed by atoms with van der Waals surface area (Å²) in [5, 5.41) is 1.60. The van der Waals surface area contributed by atoms with Gasteiger partial charge in [0.1, 0.15) is 0 Å². The van der Waals surface area contributed by atoms with E-state index < -0.39 is 0 Å². The Balaban J connectivity index is 1.69. The van der Waals surface area contributed by atoms with Gasteiger partial charge in [0.05, 0.1) is 0 Å². The van der Waals surface area contributed by atoms with Gasteiger partial charge in [0, 0.05) is 29.7 Å². The molecule has 0 saturated heterocycles. The monoisotopic (exact) mass is 361 g/mol. The lowest BCUT2D eigenvalue weighted by molar-refractivity contribution is 0.187. The highest BCUT2D eigenvalue weighted by Crippen LogP contribution is 2.26. The van der Waals surface area contributed by atoms with Gasteiger partial charge >= 0.3 is 0 Å². The predicted molar refractivity (Wildman–Crippen MR) is 104 cm³/mol. The molecular weight excluding hydrogens is 337 g/mol. The standard InChI is InChI=1S/C21H25Cl2N/c22-20-10-6-18(7-11-20)15-24(14-17-4-2-1-3-5-17)16-19-8-12-21(23)13-9-19/h6-13,17H,1-5,14-16H2. The molecule has 0 bridgehead atoms. The molecule has 3 heteroatoms. The Morgan fingerprint density at radius 3 is 1.62 bits per heavy atom. The molecule has 2 aromatic rings. The van der Waals surface area contributed by atoms with Crippen LogP contribution in [0.5, 0.6) is 0 Å². The average molecular weight is 362 g/mol. The Kier molecular flexibility index (Phi) is 6.59. The Labute approximate surface area is 155 Å². The molecule has 1 saturated carbocycles. The summed E-state index contributed by atoms with van der Waals surface area (Å²) < 4.78 is 0. The van der Waals surface area contributed by atoms with Crippen LogP contribution in [0.4, 0.5) is 0 Å². The van der Waals surface area contributed by atoms with Gasteiger partial charge in [-0.05, 0) is 54.2 Å². The van der Waals surface area contributed by atoms with Gasteiger partial charge in [0.2, 0.25) is 0 Å². The number of nitrogens with zero attached hydrogens (tertiary/aromatic N) is 1. The first kappa shape index (κ1) is 17.8. The predicted octanol–water partition coefficient (Wildman–Crippen LogP) is 6.58. The van der Waals surface area contributed by atoms with E-state index in [1.54, 1.807) is 0 Å². The zero-order chi connectivity index (χ0) is 16.8. The molecule has 0 unspecified atom stereocenters. The van der Waals surface area contributed by atoms with E-state index in [1.165, 1.54) is 49.8 Å². The second-order valence-electron chi connectivity index (χ2n) is 6.93. The van der Waals surface area contributed by atoms with Crippen LogP contribution in [0.2, 0.25) is 10.0 Å². The SMILES string of the molecule is Clc1ccc(CN(Cc2ccc(Cl)cc2)CC2CCCCC2)cc1. The van der Waals surface area contributed by atoms with E-state index in [9.17, 15) is 0 Å². The van der Waals surface area contributed by atoms with Crippen LogP contribution in [0.15, 0.2) is 48.5 Å². The van der Waals surface area contributed by atoms with Crippen molar-refractivity contribution >= 4 is 23.2 Å². The van der Waals surface area contributed by atoms with E-state index in [0.29, 0.717) is 0 Å². The first-order valence-electron chi connectivity index (χ1n) is 8.90. The van der Waals surface area contributed by atoms with Crippen LogP contribution < -0.4 is 0 Å². The Bertz CT molecular complexity index is 568. The van der Waals surface area contributed by atoms with Crippen molar-refractivity contribution in [2.45, 2.75) is 45.2 Å². The first-order valence-corrected chi connectivity index (χ1v) is 9.66. The second-order valence-corrected chi connectivity index (χ2v) is 7.80. The molecule has 2 aromatic carbocycles. The van der Waals surface area contributed by atoms with Crippen molar-refractivity contribution in [2.75, 3.05) is 6.54 Å². The third-order valence-corrected chi connectivity index (χ3v) is 5.38. The lowest BCUT2D eigenvalue weighted by atomic mass is 9.88. The van der Waals surface area contributed by atoms with Crippen molar-refractivity contribution in [1.29, 1.82) is 0 Å². The molecule has 0 spiro atoms. The van der Waals surface area contributed by atoms with Crippen LogP contribution in [0, 0.1) is 5.92 Å². The van der Waals surface area contributed by atoms with Crippen LogP contribution in [0.3, 0.4) is 0 Å². The fourth-order valence-corrected chi connectivity index (χ4v) is 3.87. The molecule has 0 amide bonds. The van der Waals surface area contributed by atoms with Gasteiger partial charge in [-0.15, -0.1) is 0 Å². The van der Waals surface area contributed by atoms with Gasteiger partial charge in [-0.25, -0.2) is 0 Å². The zero-order valence-electron chi connectivity index (χ0n) is 14.1. The van der Waals surface area contributed by atoms with E-state index in [0.717, 1.165) is 29.1 Å². The first-order chi connectivity index (χ1) is 11.7. The fraction of sp³-hybridized carbons (Fsp3) is 0.429. The molecule has 1 aliphatic carbocycles. The third-order valence-electron chi connectivity index (χ3n) is 4.88. The molecule has 0 aromatic heterocycles. The Morgan fingerprint density at radius 1 is 0.708 bits per heavy atom. The van der Waals surface area contributed by atoms with Crippen molar-refractivity contribution in [3.8, 4) is 0 Å². The van der Waals surface area contributed by atoms with Crippen LogP contribution >= 0.6 is 23.2 Å². The van der Waals surface area contributed by atoms with Crippen molar-refractivity contribution < 1.29 is 0 Å². The summed E-state index contributed by atoms with van der Waals surface area (Å²) in [6, 6.07) is 16.5. The van der Waals surface area contributed by atoms with Crippen molar-refractivity contribution in [1.82, 2.24) is 4.90 Å². The lowest BCUT2D eigenvalue weighted by Crippen LogP contribution is -2.30. The average Bonchev–Trinajstić information content (AvgIpc) is 2.60. The van der Waals surface area contributed by atoms with Gasteiger partial charge in [-0.1, -0.05) is 66.7 Å². The summed E-state index contributed by atoms with van der Waals surface area (Å²) in [6.45, 7) is 3.11. The zero-order valence-corrected chi connectivity index (χ0v) is 15.6. The summed E-state index contributed by atoms with van der Waals surface area (Å²) in [5.74, 6) is 0.832. The van der Waals surface area contributed by atoms with Crippen LogP contribution in [0.25, 0.3) is 0 Å².